The molecule has 0 spiro atoms. The molecule has 1 heterocycles. The number of halogens is 2. The summed E-state index contributed by atoms with van der Waals surface area (Å²) in [6.45, 7) is 1.29. The van der Waals surface area contributed by atoms with Crippen molar-refractivity contribution in [2.24, 2.45) is 0 Å². The van der Waals surface area contributed by atoms with Crippen molar-refractivity contribution in [3.05, 3.63) is 45.9 Å². The average molecular weight is 357 g/mol. The molecule has 1 aliphatic rings. The van der Waals surface area contributed by atoms with E-state index in [4.69, 9.17) is 21.1 Å². The second kappa shape index (κ2) is 7.78. The molecule has 0 atom stereocenters. The molecule has 0 radical (unpaired) electrons. The average Bonchev–Trinajstić information content (AvgIpc) is 2.55. The van der Waals surface area contributed by atoms with Crippen molar-refractivity contribution in [1.29, 1.82) is 0 Å². The first-order chi connectivity index (χ1) is 11.4. The SMILES string of the molecule is CCOC(=O)C1=C(COC(=O)c2cc(Cl)ccc2F)NC(=O)NC1. The standard InChI is InChI=1S/C15H14ClFN2O5/c1-2-23-14(21)10-6-18-15(22)19-12(10)7-24-13(20)9-5-8(16)3-4-11(9)17/h3-5H,2,6-7H2,1H3,(H2,18,19,22). The second-order valence-corrected chi connectivity index (χ2v) is 5.12. The van der Waals surface area contributed by atoms with Crippen LogP contribution in [0.2, 0.25) is 5.02 Å². The van der Waals surface area contributed by atoms with Crippen LogP contribution in [0.3, 0.4) is 0 Å². The Morgan fingerprint density at radius 2 is 2.04 bits per heavy atom. The lowest BCUT2D eigenvalue weighted by Crippen LogP contribution is -2.45. The lowest BCUT2D eigenvalue weighted by Gasteiger charge is -2.21. The van der Waals surface area contributed by atoms with Gasteiger partial charge >= 0.3 is 18.0 Å². The zero-order chi connectivity index (χ0) is 17.7. The number of nitrogens with one attached hydrogen (secondary N) is 2. The molecule has 2 N–H and O–H groups in total. The van der Waals surface area contributed by atoms with Gasteiger partial charge in [-0.2, -0.15) is 0 Å². The Kier molecular flexibility index (Phi) is 5.75. The maximum absolute atomic E-state index is 13.6. The van der Waals surface area contributed by atoms with Gasteiger partial charge in [-0.25, -0.2) is 18.8 Å². The smallest absolute Gasteiger partial charge is 0.341 e. The Bertz CT molecular complexity index is 720. The monoisotopic (exact) mass is 356 g/mol. The molecule has 1 aliphatic heterocycles. The summed E-state index contributed by atoms with van der Waals surface area (Å²) in [6.07, 6.45) is 0. The minimum absolute atomic E-state index is 0.0664. The summed E-state index contributed by atoms with van der Waals surface area (Å²) in [5, 5.41) is 4.95. The first kappa shape index (κ1) is 17.7. The fraction of sp³-hybridized carbons (Fsp3) is 0.267. The Morgan fingerprint density at radius 1 is 1.29 bits per heavy atom. The minimum atomic E-state index is -0.974. The lowest BCUT2D eigenvalue weighted by atomic mass is 10.1. The molecule has 2 rings (SSSR count). The van der Waals surface area contributed by atoms with E-state index in [0.29, 0.717) is 0 Å². The molecule has 0 aliphatic carbocycles. The maximum atomic E-state index is 13.6. The summed E-state index contributed by atoms with van der Waals surface area (Å²) < 4.78 is 23.5. The molecule has 9 heteroatoms. The van der Waals surface area contributed by atoms with E-state index in [0.717, 1.165) is 12.1 Å². The van der Waals surface area contributed by atoms with Gasteiger partial charge in [0, 0.05) is 5.02 Å². The summed E-state index contributed by atoms with van der Waals surface area (Å²) in [5.74, 6) is -2.41. The number of ether oxygens (including phenoxy) is 2. The van der Waals surface area contributed by atoms with E-state index in [9.17, 15) is 18.8 Å². The van der Waals surface area contributed by atoms with Gasteiger partial charge in [-0.15, -0.1) is 0 Å². The third-order valence-corrected chi connectivity index (χ3v) is 3.31. The van der Waals surface area contributed by atoms with E-state index >= 15 is 0 Å². The number of benzene rings is 1. The highest BCUT2D eigenvalue weighted by Gasteiger charge is 2.25. The zero-order valence-electron chi connectivity index (χ0n) is 12.7. The van der Waals surface area contributed by atoms with Gasteiger partial charge in [-0.1, -0.05) is 11.6 Å². The summed E-state index contributed by atoms with van der Waals surface area (Å²) in [5.41, 5.74) is -0.148. The third-order valence-electron chi connectivity index (χ3n) is 3.07. The molecule has 128 valence electrons. The Balaban J connectivity index is 2.14. The van der Waals surface area contributed by atoms with Crippen LogP contribution in [0.1, 0.15) is 17.3 Å². The molecule has 1 aromatic rings. The van der Waals surface area contributed by atoms with E-state index in [1.807, 2.05) is 0 Å². The van der Waals surface area contributed by atoms with Crippen molar-refractivity contribution in [3.8, 4) is 0 Å². The third kappa shape index (κ3) is 4.23. The molecule has 0 bridgehead atoms. The number of hydrogen-bond donors (Lipinski definition) is 2. The van der Waals surface area contributed by atoms with Gasteiger partial charge in [0.1, 0.15) is 12.4 Å². The molecule has 24 heavy (non-hydrogen) atoms. The topological polar surface area (TPSA) is 93.7 Å². The highest BCUT2D eigenvalue weighted by molar-refractivity contribution is 6.30. The zero-order valence-corrected chi connectivity index (χ0v) is 13.4. The normalized spacial score (nSPS) is 13.9. The predicted molar refractivity (Wildman–Crippen MR) is 81.9 cm³/mol. The number of urea groups is 1. The molecular formula is C15H14ClFN2O5. The van der Waals surface area contributed by atoms with Crippen LogP contribution in [0.5, 0.6) is 0 Å². The van der Waals surface area contributed by atoms with Crippen LogP contribution in [-0.4, -0.2) is 37.7 Å². The number of rotatable bonds is 5. The van der Waals surface area contributed by atoms with Crippen molar-refractivity contribution in [2.45, 2.75) is 6.92 Å². The van der Waals surface area contributed by atoms with E-state index < -0.39 is 30.4 Å². The fourth-order valence-electron chi connectivity index (χ4n) is 1.94. The Morgan fingerprint density at radius 3 is 2.75 bits per heavy atom. The number of carbonyl (C=O) groups excluding carboxylic acids is 3. The Hall–Kier alpha value is -2.61. The summed E-state index contributed by atoms with van der Waals surface area (Å²) in [4.78, 5) is 35.2. The van der Waals surface area contributed by atoms with E-state index in [2.05, 4.69) is 10.6 Å². The molecule has 0 unspecified atom stereocenters. The lowest BCUT2D eigenvalue weighted by molar-refractivity contribution is -0.138. The van der Waals surface area contributed by atoms with Crippen molar-refractivity contribution >= 4 is 29.6 Å². The maximum Gasteiger partial charge on any atom is 0.341 e. The first-order valence-corrected chi connectivity index (χ1v) is 7.36. The Labute approximate surface area is 141 Å². The fourth-order valence-corrected chi connectivity index (χ4v) is 2.11. The van der Waals surface area contributed by atoms with Crippen LogP contribution in [0.15, 0.2) is 29.5 Å². The van der Waals surface area contributed by atoms with Gasteiger partial charge in [0.15, 0.2) is 0 Å². The van der Waals surface area contributed by atoms with Crippen LogP contribution in [-0.2, 0) is 14.3 Å². The van der Waals surface area contributed by atoms with Gasteiger partial charge in [0.05, 0.1) is 30.0 Å². The molecule has 0 saturated carbocycles. The van der Waals surface area contributed by atoms with Crippen molar-refractivity contribution in [3.63, 3.8) is 0 Å². The highest BCUT2D eigenvalue weighted by atomic mass is 35.5. The molecule has 0 saturated heterocycles. The van der Waals surface area contributed by atoms with Crippen molar-refractivity contribution in [2.75, 3.05) is 19.8 Å². The van der Waals surface area contributed by atoms with E-state index in [1.165, 1.54) is 6.07 Å². The summed E-state index contributed by atoms with van der Waals surface area (Å²) >= 11 is 5.72. The van der Waals surface area contributed by atoms with Gasteiger partial charge < -0.3 is 20.1 Å². The summed E-state index contributed by atoms with van der Waals surface area (Å²) in [7, 11) is 0. The molecule has 0 fully saturated rings. The molecule has 7 nitrogen and oxygen atoms in total. The number of carbonyl (C=O) groups is 3. The number of amides is 2. The van der Waals surface area contributed by atoms with Crippen LogP contribution < -0.4 is 10.6 Å². The highest BCUT2D eigenvalue weighted by Crippen LogP contribution is 2.16. The second-order valence-electron chi connectivity index (χ2n) is 4.69. The van der Waals surface area contributed by atoms with Gasteiger partial charge in [0.25, 0.3) is 0 Å². The van der Waals surface area contributed by atoms with Crippen molar-refractivity contribution < 1.29 is 28.2 Å². The molecular weight excluding hydrogens is 343 g/mol. The quantitative estimate of drug-likeness (QED) is 0.784. The van der Waals surface area contributed by atoms with E-state index in [-0.39, 0.29) is 35.0 Å². The number of hydrogen-bond acceptors (Lipinski definition) is 5. The summed E-state index contributed by atoms with van der Waals surface area (Å²) in [6, 6.07) is 2.90. The molecule has 1 aromatic carbocycles. The molecule has 0 aromatic heterocycles. The largest absolute Gasteiger partial charge is 0.463 e. The minimum Gasteiger partial charge on any atom is -0.463 e. The van der Waals surface area contributed by atoms with Gasteiger partial charge in [-0.05, 0) is 25.1 Å². The van der Waals surface area contributed by atoms with Crippen LogP contribution in [0, 0.1) is 5.82 Å². The van der Waals surface area contributed by atoms with Crippen LogP contribution in [0.4, 0.5) is 9.18 Å². The number of esters is 2. The van der Waals surface area contributed by atoms with E-state index in [1.54, 1.807) is 6.92 Å². The van der Waals surface area contributed by atoms with Crippen LogP contribution >= 0.6 is 11.6 Å². The van der Waals surface area contributed by atoms with Crippen LogP contribution in [0.25, 0.3) is 0 Å². The van der Waals surface area contributed by atoms with Crippen molar-refractivity contribution in [1.82, 2.24) is 10.6 Å². The molecule has 2 amide bonds. The first-order valence-electron chi connectivity index (χ1n) is 6.98. The predicted octanol–water partition coefficient (Wildman–Crippen LogP) is 1.77. The van der Waals surface area contributed by atoms with Gasteiger partial charge in [0.2, 0.25) is 0 Å². The van der Waals surface area contributed by atoms with Gasteiger partial charge in [-0.3, -0.25) is 0 Å².